The number of benzene rings is 3. The second-order valence-corrected chi connectivity index (χ2v) is 6.29. The van der Waals surface area contributed by atoms with Crippen molar-refractivity contribution in [2.75, 3.05) is 0 Å². The highest BCUT2D eigenvalue weighted by Gasteiger charge is 2.12. The van der Waals surface area contributed by atoms with Crippen LogP contribution in [0.1, 0.15) is 5.56 Å². The Morgan fingerprint density at radius 1 is 0.800 bits per heavy atom. The Morgan fingerprint density at radius 2 is 1.44 bits per heavy atom. The molecule has 0 N–H and O–H groups in total. The molecule has 1 heterocycles. The number of halogens is 1. The molecule has 1 aromatic heterocycles. The molecule has 0 saturated carbocycles. The van der Waals surface area contributed by atoms with Gasteiger partial charge in [-0.1, -0.05) is 72.3 Å². The Kier molecular flexibility index (Phi) is 4.08. The van der Waals surface area contributed by atoms with E-state index in [-0.39, 0.29) is 5.56 Å². The molecule has 4 heteroatoms. The number of nitrogens with zero attached hydrogens (tertiary/aromatic N) is 2. The molecule has 25 heavy (non-hydrogen) atoms. The predicted molar refractivity (Wildman–Crippen MR) is 102 cm³/mol. The molecule has 0 radical (unpaired) electrons. The zero-order valence-corrected chi connectivity index (χ0v) is 14.1. The van der Waals surface area contributed by atoms with Crippen LogP contribution in [0, 0.1) is 0 Å². The van der Waals surface area contributed by atoms with Gasteiger partial charge in [-0.3, -0.25) is 4.79 Å². The summed E-state index contributed by atoms with van der Waals surface area (Å²) in [6, 6.07) is 25.0. The summed E-state index contributed by atoms with van der Waals surface area (Å²) in [5.41, 5.74) is 2.66. The van der Waals surface area contributed by atoms with Gasteiger partial charge in [-0.25, -0.2) is 4.68 Å². The van der Waals surface area contributed by atoms with Gasteiger partial charge >= 0.3 is 0 Å². The van der Waals surface area contributed by atoms with Crippen LogP contribution in [0.25, 0.3) is 22.0 Å². The lowest BCUT2D eigenvalue weighted by atomic mass is 10.1. The predicted octanol–water partition coefficient (Wildman–Crippen LogP) is 4.77. The van der Waals surface area contributed by atoms with Gasteiger partial charge in [0.1, 0.15) is 0 Å². The van der Waals surface area contributed by atoms with Crippen molar-refractivity contribution in [3.63, 3.8) is 0 Å². The molecule has 0 saturated heterocycles. The molecule has 0 aliphatic carbocycles. The third-order valence-corrected chi connectivity index (χ3v) is 4.41. The fourth-order valence-corrected chi connectivity index (χ4v) is 3.05. The molecule has 3 nitrogen and oxygen atoms in total. The quantitative estimate of drug-likeness (QED) is 0.536. The second-order valence-electron chi connectivity index (χ2n) is 5.85. The monoisotopic (exact) mass is 346 g/mol. The van der Waals surface area contributed by atoms with Gasteiger partial charge in [0, 0.05) is 16.0 Å². The molecule has 0 atom stereocenters. The van der Waals surface area contributed by atoms with E-state index in [9.17, 15) is 4.79 Å². The summed E-state index contributed by atoms with van der Waals surface area (Å²) in [4.78, 5) is 12.8. The SMILES string of the molecule is O=c1c2ccccc2c(-c2ccc(Cl)cc2)nn1Cc1ccccc1. The molecule has 0 bridgehead atoms. The summed E-state index contributed by atoms with van der Waals surface area (Å²) < 4.78 is 1.53. The Labute approximate surface area is 150 Å². The van der Waals surface area contributed by atoms with Gasteiger partial charge in [-0.05, 0) is 23.8 Å². The molecule has 4 aromatic rings. The first-order valence-electron chi connectivity index (χ1n) is 8.02. The summed E-state index contributed by atoms with van der Waals surface area (Å²) in [6.45, 7) is 0.436. The number of aromatic nitrogens is 2. The largest absolute Gasteiger partial charge is 0.274 e. The lowest BCUT2D eigenvalue weighted by molar-refractivity contribution is 0.651. The van der Waals surface area contributed by atoms with Gasteiger partial charge in [0.2, 0.25) is 0 Å². The average molecular weight is 347 g/mol. The highest BCUT2D eigenvalue weighted by atomic mass is 35.5. The van der Waals surface area contributed by atoms with E-state index in [0.717, 1.165) is 22.2 Å². The van der Waals surface area contributed by atoms with Gasteiger partial charge in [0.25, 0.3) is 5.56 Å². The summed E-state index contributed by atoms with van der Waals surface area (Å²) in [5.74, 6) is 0. The van der Waals surface area contributed by atoms with E-state index in [1.807, 2.05) is 78.9 Å². The molecule has 0 unspecified atom stereocenters. The highest BCUT2D eigenvalue weighted by molar-refractivity contribution is 6.30. The maximum absolute atomic E-state index is 12.8. The molecule has 0 spiro atoms. The van der Waals surface area contributed by atoms with E-state index < -0.39 is 0 Å². The Morgan fingerprint density at radius 3 is 2.16 bits per heavy atom. The van der Waals surface area contributed by atoms with Crippen LogP contribution < -0.4 is 5.56 Å². The third-order valence-electron chi connectivity index (χ3n) is 4.16. The standard InChI is InChI=1S/C21H15ClN2O/c22-17-12-10-16(11-13-17)20-18-8-4-5-9-19(18)21(25)24(23-20)14-15-6-2-1-3-7-15/h1-13H,14H2. The van der Waals surface area contributed by atoms with Crippen molar-refractivity contribution >= 4 is 22.4 Å². The van der Waals surface area contributed by atoms with E-state index in [1.165, 1.54) is 4.68 Å². The van der Waals surface area contributed by atoms with E-state index in [1.54, 1.807) is 0 Å². The molecule has 3 aromatic carbocycles. The van der Waals surface area contributed by atoms with Gasteiger partial charge in [-0.2, -0.15) is 5.10 Å². The number of hydrogen-bond donors (Lipinski definition) is 0. The van der Waals surface area contributed by atoms with Crippen molar-refractivity contribution < 1.29 is 0 Å². The molecule has 4 rings (SSSR count). The second kappa shape index (κ2) is 6.54. The summed E-state index contributed by atoms with van der Waals surface area (Å²) in [7, 11) is 0. The number of hydrogen-bond acceptors (Lipinski definition) is 2. The average Bonchev–Trinajstić information content (AvgIpc) is 2.66. The van der Waals surface area contributed by atoms with Crippen LogP contribution in [-0.2, 0) is 6.54 Å². The smallest absolute Gasteiger partial charge is 0.267 e. The van der Waals surface area contributed by atoms with Crippen LogP contribution in [0.3, 0.4) is 0 Å². The fourth-order valence-electron chi connectivity index (χ4n) is 2.92. The Bertz CT molecular complexity index is 1090. The van der Waals surface area contributed by atoms with Crippen LogP contribution in [0.15, 0.2) is 83.7 Å². The fraction of sp³-hybridized carbons (Fsp3) is 0.0476. The molecule has 0 aliphatic heterocycles. The first-order valence-corrected chi connectivity index (χ1v) is 8.40. The molecule has 0 amide bonds. The van der Waals surface area contributed by atoms with E-state index in [2.05, 4.69) is 5.10 Å². The third kappa shape index (κ3) is 3.06. The van der Waals surface area contributed by atoms with Gasteiger partial charge in [-0.15, -0.1) is 0 Å². The molecule has 122 valence electrons. The normalized spacial score (nSPS) is 10.9. The number of rotatable bonds is 3. The zero-order chi connectivity index (χ0) is 17.2. The summed E-state index contributed by atoms with van der Waals surface area (Å²) in [5, 5.41) is 6.84. The van der Waals surface area contributed by atoms with Crippen molar-refractivity contribution in [2.45, 2.75) is 6.54 Å². The first-order chi connectivity index (χ1) is 12.2. The van der Waals surface area contributed by atoms with Crippen LogP contribution in [0.4, 0.5) is 0 Å². The minimum atomic E-state index is -0.0860. The van der Waals surface area contributed by atoms with Gasteiger partial charge in [0.15, 0.2) is 0 Å². The Balaban J connectivity index is 1.94. The van der Waals surface area contributed by atoms with E-state index in [0.29, 0.717) is 17.0 Å². The van der Waals surface area contributed by atoms with Crippen molar-refractivity contribution in [1.29, 1.82) is 0 Å². The zero-order valence-electron chi connectivity index (χ0n) is 13.4. The van der Waals surface area contributed by atoms with E-state index >= 15 is 0 Å². The Hall–Kier alpha value is -2.91. The topological polar surface area (TPSA) is 34.9 Å². The molecule has 0 fully saturated rings. The molecular formula is C21H15ClN2O. The molecule has 0 aliphatic rings. The van der Waals surface area contributed by atoms with Crippen LogP contribution in [0.5, 0.6) is 0 Å². The lowest BCUT2D eigenvalue weighted by Crippen LogP contribution is -2.24. The lowest BCUT2D eigenvalue weighted by Gasteiger charge is -2.11. The van der Waals surface area contributed by atoms with Crippen molar-refractivity contribution in [2.24, 2.45) is 0 Å². The van der Waals surface area contributed by atoms with Crippen LogP contribution in [0.2, 0.25) is 5.02 Å². The maximum atomic E-state index is 12.8. The van der Waals surface area contributed by atoms with Crippen LogP contribution in [-0.4, -0.2) is 9.78 Å². The minimum Gasteiger partial charge on any atom is -0.267 e. The van der Waals surface area contributed by atoms with E-state index in [4.69, 9.17) is 11.6 Å². The van der Waals surface area contributed by atoms with Crippen molar-refractivity contribution in [3.05, 3.63) is 99.8 Å². The highest BCUT2D eigenvalue weighted by Crippen LogP contribution is 2.25. The molecular weight excluding hydrogens is 332 g/mol. The summed E-state index contributed by atoms with van der Waals surface area (Å²) >= 11 is 6.01. The van der Waals surface area contributed by atoms with Crippen molar-refractivity contribution in [3.8, 4) is 11.3 Å². The van der Waals surface area contributed by atoms with Gasteiger partial charge < -0.3 is 0 Å². The summed E-state index contributed by atoms with van der Waals surface area (Å²) in [6.07, 6.45) is 0. The maximum Gasteiger partial charge on any atom is 0.274 e. The van der Waals surface area contributed by atoms with Crippen molar-refractivity contribution in [1.82, 2.24) is 9.78 Å². The van der Waals surface area contributed by atoms with Gasteiger partial charge in [0.05, 0.1) is 17.6 Å². The number of fused-ring (bicyclic) bond motifs is 1. The minimum absolute atomic E-state index is 0.0860. The first kappa shape index (κ1) is 15.6. The van der Waals surface area contributed by atoms with Crippen LogP contribution >= 0.6 is 11.6 Å².